The molecule has 0 spiro atoms. The number of rotatable bonds is 3. The summed E-state index contributed by atoms with van der Waals surface area (Å²) in [6.45, 7) is 1.64. The van der Waals surface area contributed by atoms with Gasteiger partial charge in [-0.05, 0) is 6.92 Å². The summed E-state index contributed by atoms with van der Waals surface area (Å²) in [6, 6.07) is -0.367. The van der Waals surface area contributed by atoms with Crippen LogP contribution >= 0.6 is 11.3 Å². The number of hydrogen-bond acceptors (Lipinski definition) is 4. The molecule has 21 heavy (non-hydrogen) atoms. The van der Waals surface area contributed by atoms with Crippen LogP contribution in [0.5, 0.6) is 0 Å². The molecule has 1 aromatic heterocycles. The zero-order valence-corrected chi connectivity index (χ0v) is 11.4. The summed E-state index contributed by atoms with van der Waals surface area (Å²) in [5.41, 5.74) is 4.21. The highest BCUT2D eigenvalue weighted by molar-refractivity contribution is 7.09. The van der Waals surface area contributed by atoms with Gasteiger partial charge in [-0.3, -0.25) is 4.79 Å². The first-order valence-electron chi connectivity index (χ1n) is 5.66. The maximum absolute atomic E-state index is 13.4. The minimum Gasteiger partial charge on any atom is -0.322 e. The Bertz CT molecular complexity index is 676. The number of nitrogens with one attached hydrogen (secondary N) is 1. The lowest BCUT2D eigenvalue weighted by atomic mass is 10.2. The highest BCUT2D eigenvalue weighted by atomic mass is 32.1. The van der Waals surface area contributed by atoms with E-state index in [1.165, 1.54) is 5.38 Å². The summed E-state index contributed by atoms with van der Waals surface area (Å²) in [4.78, 5) is 15.7. The molecule has 1 heterocycles. The van der Waals surface area contributed by atoms with E-state index in [1.807, 2.05) is 0 Å². The van der Waals surface area contributed by atoms with Gasteiger partial charge in [0.2, 0.25) is 0 Å². The lowest BCUT2D eigenvalue weighted by Crippen LogP contribution is -2.16. The minimum absolute atomic E-state index is 0.0529. The molecular weight excluding hydrogens is 310 g/mol. The predicted octanol–water partition coefficient (Wildman–Crippen LogP) is 2.97. The SMILES string of the molecule is CC(N)c1nc(C(=O)Nc2c(F)c(F)cc(F)c2F)cs1. The van der Waals surface area contributed by atoms with Crippen LogP contribution in [0.1, 0.15) is 28.5 Å². The van der Waals surface area contributed by atoms with E-state index in [-0.39, 0.29) is 11.8 Å². The summed E-state index contributed by atoms with van der Waals surface area (Å²) in [6.07, 6.45) is 0. The van der Waals surface area contributed by atoms with Crippen LogP contribution in [0.25, 0.3) is 0 Å². The second-order valence-corrected chi connectivity index (χ2v) is 5.05. The number of carbonyl (C=O) groups excluding carboxylic acids is 1. The molecule has 0 aliphatic rings. The van der Waals surface area contributed by atoms with Gasteiger partial charge in [0.15, 0.2) is 23.3 Å². The topological polar surface area (TPSA) is 68.0 Å². The Kier molecular flexibility index (Phi) is 4.24. The van der Waals surface area contributed by atoms with Crippen LogP contribution in [-0.4, -0.2) is 10.9 Å². The van der Waals surface area contributed by atoms with Gasteiger partial charge in [0.1, 0.15) is 16.4 Å². The van der Waals surface area contributed by atoms with Crippen molar-refractivity contribution in [1.29, 1.82) is 0 Å². The predicted molar refractivity (Wildman–Crippen MR) is 68.9 cm³/mol. The van der Waals surface area contributed by atoms with Gasteiger partial charge in [0.05, 0.1) is 6.04 Å². The number of carbonyl (C=O) groups is 1. The van der Waals surface area contributed by atoms with Crippen molar-refractivity contribution in [1.82, 2.24) is 4.98 Å². The quantitative estimate of drug-likeness (QED) is 0.675. The van der Waals surface area contributed by atoms with Crippen molar-refractivity contribution in [3.05, 3.63) is 45.4 Å². The molecule has 9 heteroatoms. The van der Waals surface area contributed by atoms with Gasteiger partial charge in [-0.1, -0.05) is 0 Å². The van der Waals surface area contributed by atoms with Crippen LogP contribution in [0.15, 0.2) is 11.4 Å². The highest BCUT2D eigenvalue weighted by Gasteiger charge is 2.22. The molecule has 2 rings (SSSR count). The molecule has 1 atom stereocenters. The summed E-state index contributed by atoms with van der Waals surface area (Å²) in [7, 11) is 0. The Hall–Kier alpha value is -2.00. The smallest absolute Gasteiger partial charge is 0.275 e. The largest absolute Gasteiger partial charge is 0.322 e. The van der Waals surface area contributed by atoms with Gasteiger partial charge in [-0.2, -0.15) is 0 Å². The number of nitrogens with zero attached hydrogens (tertiary/aromatic N) is 1. The van der Waals surface area contributed by atoms with Crippen molar-refractivity contribution >= 4 is 22.9 Å². The number of thiazole rings is 1. The van der Waals surface area contributed by atoms with Gasteiger partial charge < -0.3 is 11.1 Å². The first-order chi connectivity index (χ1) is 9.81. The Balaban J connectivity index is 2.31. The van der Waals surface area contributed by atoms with E-state index in [1.54, 1.807) is 12.2 Å². The third kappa shape index (κ3) is 3.03. The van der Waals surface area contributed by atoms with Crippen molar-refractivity contribution < 1.29 is 22.4 Å². The molecule has 4 nitrogen and oxygen atoms in total. The zero-order chi connectivity index (χ0) is 15.7. The molecule has 0 fully saturated rings. The van der Waals surface area contributed by atoms with Crippen LogP contribution < -0.4 is 11.1 Å². The van der Waals surface area contributed by atoms with Crippen molar-refractivity contribution in [2.24, 2.45) is 5.73 Å². The average molecular weight is 319 g/mol. The highest BCUT2D eigenvalue weighted by Crippen LogP contribution is 2.25. The van der Waals surface area contributed by atoms with Crippen molar-refractivity contribution in [3.63, 3.8) is 0 Å². The lowest BCUT2D eigenvalue weighted by molar-refractivity contribution is 0.102. The van der Waals surface area contributed by atoms with E-state index < -0.39 is 40.9 Å². The third-order valence-electron chi connectivity index (χ3n) is 2.49. The van der Waals surface area contributed by atoms with Crippen molar-refractivity contribution in [3.8, 4) is 0 Å². The van der Waals surface area contributed by atoms with Crippen LogP contribution in [0.2, 0.25) is 0 Å². The first-order valence-corrected chi connectivity index (χ1v) is 6.54. The number of hydrogen-bond donors (Lipinski definition) is 2. The number of aromatic nitrogens is 1. The summed E-state index contributed by atoms with van der Waals surface area (Å²) >= 11 is 1.08. The maximum Gasteiger partial charge on any atom is 0.275 e. The minimum atomic E-state index is -1.69. The van der Waals surface area contributed by atoms with E-state index in [9.17, 15) is 22.4 Å². The molecule has 0 saturated carbocycles. The van der Waals surface area contributed by atoms with E-state index >= 15 is 0 Å². The zero-order valence-electron chi connectivity index (χ0n) is 10.6. The Morgan fingerprint density at radius 3 is 2.33 bits per heavy atom. The second kappa shape index (κ2) is 5.78. The van der Waals surface area contributed by atoms with Crippen LogP contribution in [0.4, 0.5) is 23.2 Å². The monoisotopic (exact) mass is 319 g/mol. The van der Waals surface area contributed by atoms with E-state index in [0.717, 1.165) is 11.3 Å². The molecule has 0 bridgehead atoms. The fourth-order valence-corrected chi connectivity index (χ4v) is 2.22. The van der Waals surface area contributed by atoms with Crippen LogP contribution in [-0.2, 0) is 0 Å². The molecule has 1 amide bonds. The summed E-state index contributed by atoms with van der Waals surface area (Å²) < 4.78 is 52.9. The van der Waals surface area contributed by atoms with Crippen LogP contribution in [0, 0.1) is 23.3 Å². The van der Waals surface area contributed by atoms with E-state index in [0.29, 0.717) is 5.01 Å². The fourth-order valence-electron chi connectivity index (χ4n) is 1.46. The third-order valence-corrected chi connectivity index (χ3v) is 3.54. The molecule has 2 aromatic rings. The van der Waals surface area contributed by atoms with E-state index in [2.05, 4.69) is 4.98 Å². The molecule has 1 aromatic carbocycles. The summed E-state index contributed by atoms with van der Waals surface area (Å²) in [5.74, 6) is -7.60. The second-order valence-electron chi connectivity index (χ2n) is 4.16. The average Bonchev–Trinajstić information content (AvgIpc) is 2.91. The number of benzene rings is 1. The Morgan fingerprint density at radius 2 is 1.86 bits per heavy atom. The Labute approximate surface area is 120 Å². The number of anilines is 1. The first kappa shape index (κ1) is 15.4. The molecule has 0 radical (unpaired) electrons. The molecule has 1 unspecified atom stereocenters. The van der Waals surface area contributed by atoms with Gasteiger partial charge in [0, 0.05) is 11.4 Å². The summed E-state index contributed by atoms with van der Waals surface area (Å²) in [5, 5.41) is 3.52. The molecule has 0 aliphatic heterocycles. The van der Waals surface area contributed by atoms with Gasteiger partial charge in [-0.15, -0.1) is 11.3 Å². The van der Waals surface area contributed by atoms with Gasteiger partial charge in [-0.25, -0.2) is 22.5 Å². The van der Waals surface area contributed by atoms with Crippen LogP contribution in [0.3, 0.4) is 0 Å². The normalized spacial score (nSPS) is 12.3. The molecule has 0 aliphatic carbocycles. The standard InChI is InChI=1S/C12H9F4N3OS/c1-4(17)12-18-7(3-21-12)11(20)19-10-8(15)5(13)2-6(14)9(10)16/h2-4H,17H2,1H3,(H,19,20). The molecule has 0 saturated heterocycles. The number of halogens is 4. The number of amides is 1. The van der Waals surface area contributed by atoms with Gasteiger partial charge >= 0.3 is 0 Å². The number of nitrogens with two attached hydrogens (primary N) is 1. The van der Waals surface area contributed by atoms with E-state index in [4.69, 9.17) is 5.73 Å². The van der Waals surface area contributed by atoms with Crippen molar-refractivity contribution in [2.45, 2.75) is 13.0 Å². The molecule has 112 valence electrons. The lowest BCUT2D eigenvalue weighted by Gasteiger charge is -2.07. The fraction of sp³-hybridized carbons (Fsp3) is 0.167. The Morgan fingerprint density at radius 1 is 1.29 bits per heavy atom. The van der Waals surface area contributed by atoms with Crippen molar-refractivity contribution in [2.75, 3.05) is 5.32 Å². The van der Waals surface area contributed by atoms with Gasteiger partial charge in [0.25, 0.3) is 5.91 Å². The maximum atomic E-state index is 13.4. The molecular formula is C12H9F4N3OS. The molecule has 3 N–H and O–H groups in total.